The molecule has 0 bridgehead atoms. The Kier molecular flexibility index (Phi) is 3.61. The molecule has 3 aromatic rings. The Bertz CT molecular complexity index is 669. The SMILES string of the molecule is NCCc1ccc(-c2cnn(-c3ccccc3)c2)cc1. The third kappa shape index (κ3) is 2.63. The van der Waals surface area contributed by atoms with Gasteiger partial charge < -0.3 is 5.73 Å². The molecular formula is C17H17N3. The summed E-state index contributed by atoms with van der Waals surface area (Å²) < 4.78 is 1.89. The largest absolute Gasteiger partial charge is 0.330 e. The summed E-state index contributed by atoms with van der Waals surface area (Å²) in [5.41, 5.74) is 10.2. The minimum absolute atomic E-state index is 0.686. The summed E-state index contributed by atoms with van der Waals surface area (Å²) in [6.45, 7) is 0.686. The zero-order valence-corrected chi connectivity index (χ0v) is 11.2. The molecule has 0 saturated carbocycles. The van der Waals surface area contributed by atoms with Crippen molar-refractivity contribution < 1.29 is 0 Å². The lowest BCUT2D eigenvalue weighted by atomic mass is 10.1. The van der Waals surface area contributed by atoms with Crippen molar-refractivity contribution in [2.24, 2.45) is 5.73 Å². The Hall–Kier alpha value is -2.39. The first-order valence-electron chi connectivity index (χ1n) is 6.76. The van der Waals surface area contributed by atoms with Gasteiger partial charge in [-0.25, -0.2) is 4.68 Å². The van der Waals surface area contributed by atoms with Gasteiger partial charge in [-0.15, -0.1) is 0 Å². The van der Waals surface area contributed by atoms with Gasteiger partial charge in [0.15, 0.2) is 0 Å². The third-order valence-electron chi connectivity index (χ3n) is 3.32. The van der Waals surface area contributed by atoms with Crippen LogP contribution in [-0.2, 0) is 6.42 Å². The number of benzene rings is 2. The maximum absolute atomic E-state index is 5.56. The van der Waals surface area contributed by atoms with E-state index >= 15 is 0 Å². The van der Waals surface area contributed by atoms with Crippen molar-refractivity contribution in [3.8, 4) is 16.8 Å². The summed E-state index contributed by atoms with van der Waals surface area (Å²) >= 11 is 0. The highest BCUT2D eigenvalue weighted by molar-refractivity contribution is 5.62. The summed E-state index contributed by atoms with van der Waals surface area (Å²) in [6.07, 6.45) is 4.86. The Morgan fingerprint density at radius 1 is 0.900 bits per heavy atom. The van der Waals surface area contributed by atoms with Crippen molar-refractivity contribution in [3.05, 3.63) is 72.6 Å². The van der Waals surface area contributed by atoms with Gasteiger partial charge in [0, 0.05) is 11.8 Å². The first kappa shape index (κ1) is 12.6. The van der Waals surface area contributed by atoms with Gasteiger partial charge >= 0.3 is 0 Å². The highest BCUT2D eigenvalue weighted by Gasteiger charge is 2.03. The second-order valence-corrected chi connectivity index (χ2v) is 4.74. The van der Waals surface area contributed by atoms with E-state index in [-0.39, 0.29) is 0 Å². The topological polar surface area (TPSA) is 43.8 Å². The summed E-state index contributed by atoms with van der Waals surface area (Å²) in [5, 5.41) is 4.42. The van der Waals surface area contributed by atoms with Gasteiger partial charge in [0.25, 0.3) is 0 Å². The van der Waals surface area contributed by atoms with E-state index in [1.807, 2.05) is 47.4 Å². The maximum Gasteiger partial charge on any atom is 0.0645 e. The van der Waals surface area contributed by atoms with Crippen LogP contribution in [0.25, 0.3) is 16.8 Å². The zero-order valence-electron chi connectivity index (χ0n) is 11.2. The fraction of sp³-hybridized carbons (Fsp3) is 0.118. The molecule has 0 saturated heterocycles. The quantitative estimate of drug-likeness (QED) is 0.786. The van der Waals surface area contributed by atoms with Crippen LogP contribution in [0.2, 0.25) is 0 Å². The van der Waals surface area contributed by atoms with E-state index in [9.17, 15) is 0 Å². The first-order chi connectivity index (χ1) is 9.86. The molecule has 1 aromatic heterocycles. The monoisotopic (exact) mass is 263 g/mol. The van der Waals surface area contributed by atoms with Gasteiger partial charge in [0.05, 0.1) is 11.9 Å². The predicted octanol–water partition coefficient (Wildman–Crippen LogP) is 3.04. The summed E-state index contributed by atoms with van der Waals surface area (Å²) in [4.78, 5) is 0. The molecule has 2 aromatic carbocycles. The second-order valence-electron chi connectivity index (χ2n) is 4.74. The van der Waals surface area contributed by atoms with E-state index in [0.717, 1.165) is 17.7 Å². The predicted molar refractivity (Wildman–Crippen MR) is 81.8 cm³/mol. The molecule has 0 radical (unpaired) electrons. The molecule has 20 heavy (non-hydrogen) atoms. The Labute approximate surface area is 118 Å². The van der Waals surface area contributed by atoms with Gasteiger partial charge in [0.1, 0.15) is 0 Å². The average Bonchev–Trinajstić information content (AvgIpc) is 2.99. The minimum Gasteiger partial charge on any atom is -0.330 e. The molecule has 1 heterocycles. The van der Waals surface area contributed by atoms with Gasteiger partial charge in [-0.1, -0.05) is 42.5 Å². The molecule has 0 atom stereocenters. The van der Waals surface area contributed by atoms with Crippen LogP contribution in [0.15, 0.2) is 67.0 Å². The molecule has 3 rings (SSSR count). The average molecular weight is 263 g/mol. The lowest BCUT2D eigenvalue weighted by molar-refractivity contribution is 0.881. The highest BCUT2D eigenvalue weighted by atomic mass is 15.3. The van der Waals surface area contributed by atoms with Crippen LogP contribution >= 0.6 is 0 Å². The summed E-state index contributed by atoms with van der Waals surface area (Å²) in [5.74, 6) is 0. The fourth-order valence-corrected chi connectivity index (χ4v) is 2.22. The number of nitrogens with zero attached hydrogens (tertiary/aromatic N) is 2. The van der Waals surface area contributed by atoms with Crippen LogP contribution in [-0.4, -0.2) is 16.3 Å². The van der Waals surface area contributed by atoms with E-state index in [1.54, 1.807) is 0 Å². The molecule has 0 aliphatic rings. The molecule has 0 amide bonds. The fourth-order valence-electron chi connectivity index (χ4n) is 2.22. The third-order valence-corrected chi connectivity index (χ3v) is 3.32. The van der Waals surface area contributed by atoms with Crippen molar-refractivity contribution >= 4 is 0 Å². The van der Waals surface area contributed by atoms with Crippen LogP contribution in [0.4, 0.5) is 0 Å². The van der Waals surface area contributed by atoms with Crippen LogP contribution in [0.1, 0.15) is 5.56 Å². The van der Waals surface area contributed by atoms with E-state index in [4.69, 9.17) is 5.73 Å². The smallest absolute Gasteiger partial charge is 0.0645 e. The molecule has 0 spiro atoms. The number of hydrogen-bond donors (Lipinski definition) is 1. The van der Waals surface area contributed by atoms with Crippen molar-refractivity contribution in [1.29, 1.82) is 0 Å². The normalized spacial score (nSPS) is 10.7. The number of aromatic nitrogens is 2. The number of rotatable bonds is 4. The van der Waals surface area contributed by atoms with Crippen LogP contribution in [0.5, 0.6) is 0 Å². The molecule has 0 aliphatic heterocycles. The molecule has 3 heteroatoms. The summed E-state index contributed by atoms with van der Waals surface area (Å²) in [6, 6.07) is 18.6. The molecule has 100 valence electrons. The Balaban J connectivity index is 1.86. The van der Waals surface area contributed by atoms with Gasteiger partial charge in [0.2, 0.25) is 0 Å². The van der Waals surface area contributed by atoms with Crippen LogP contribution in [0.3, 0.4) is 0 Å². The molecule has 0 aliphatic carbocycles. The van der Waals surface area contributed by atoms with Crippen LogP contribution < -0.4 is 5.73 Å². The Morgan fingerprint density at radius 3 is 2.35 bits per heavy atom. The maximum atomic E-state index is 5.56. The number of nitrogens with two attached hydrogens (primary N) is 1. The molecular weight excluding hydrogens is 246 g/mol. The summed E-state index contributed by atoms with van der Waals surface area (Å²) in [7, 11) is 0. The Morgan fingerprint density at radius 2 is 1.65 bits per heavy atom. The molecule has 3 nitrogen and oxygen atoms in total. The number of hydrogen-bond acceptors (Lipinski definition) is 2. The lowest BCUT2D eigenvalue weighted by Gasteiger charge is -2.01. The van der Waals surface area contributed by atoms with E-state index < -0.39 is 0 Å². The molecule has 0 unspecified atom stereocenters. The van der Waals surface area contributed by atoms with Gasteiger partial charge in [-0.3, -0.25) is 0 Å². The first-order valence-corrected chi connectivity index (χ1v) is 6.76. The van der Waals surface area contributed by atoms with E-state index in [1.165, 1.54) is 11.1 Å². The second kappa shape index (κ2) is 5.72. The zero-order chi connectivity index (χ0) is 13.8. The van der Waals surface area contributed by atoms with Crippen molar-refractivity contribution in [2.45, 2.75) is 6.42 Å². The molecule has 2 N–H and O–H groups in total. The van der Waals surface area contributed by atoms with E-state index in [2.05, 4.69) is 29.4 Å². The standard InChI is InChI=1S/C17H17N3/c18-11-10-14-6-8-15(9-7-14)16-12-19-20(13-16)17-4-2-1-3-5-17/h1-9,12-13H,10-11,18H2. The minimum atomic E-state index is 0.686. The van der Waals surface area contributed by atoms with Gasteiger partial charge in [-0.2, -0.15) is 5.10 Å². The van der Waals surface area contributed by atoms with Crippen molar-refractivity contribution in [3.63, 3.8) is 0 Å². The highest BCUT2D eigenvalue weighted by Crippen LogP contribution is 2.20. The van der Waals surface area contributed by atoms with Crippen LogP contribution in [0, 0.1) is 0 Å². The van der Waals surface area contributed by atoms with Gasteiger partial charge in [-0.05, 0) is 36.2 Å². The van der Waals surface area contributed by atoms with E-state index in [0.29, 0.717) is 6.54 Å². The van der Waals surface area contributed by atoms with Crippen molar-refractivity contribution in [2.75, 3.05) is 6.54 Å². The lowest BCUT2D eigenvalue weighted by Crippen LogP contribution is -2.02. The van der Waals surface area contributed by atoms with Crippen molar-refractivity contribution in [1.82, 2.24) is 9.78 Å². The molecule has 0 fully saturated rings. The number of para-hydroxylation sites is 1.